The fourth-order valence-corrected chi connectivity index (χ4v) is 2.16. The van der Waals surface area contributed by atoms with Crippen molar-refractivity contribution in [1.82, 2.24) is 9.97 Å². The Morgan fingerprint density at radius 3 is 2.39 bits per heavy atom. The highest BCUT2D eigenvalue weighted by atomic mass is 35.5. The van der Waals surface area contributed by atoms with E-state index in [2.05, 4.69) is 15.3 Å². The van der Waals surface area contributed by atoms with E-state index in [-0.39, 0.29) is 5.56 Å². The van der Waals surface area contributed by atoms with E-state index in [9.17, 15) is 9.59 Å². The molecule has 2 aromatic carbocycles. The second kappa shape index (κ2) is 6.46. The summed E-state index contributed by atoms with van der Waals surface area (Å²) in [4.78, 5) is 31.0. The monoisotopic (exact) mass is 325 g/mol. The highest BCUT2D eigenvalue weighted by Gasteiger charge is 2.12. The number of aromatic nitrogens is 2. The molecule has 0 bridgehead atoms. The lowest BCUT2D eigenvalue weighted by molar-refractivity contribution is 0.102. The molecular weight excluding hydrogens is 314 g/mol. The molecule has 0 aliphatic carbocycles. The van der Waals surface area contributed by atoms with Gasteiger partial charge in [-0.1, -0.05) is 29.8 Å². The van der Waals surface area contributed by atoms with Crippen molar-refractivity contribution in [2.75, 3.05) is 5.32 Å². The highest BCUT2D eigenvalue weighted by molar-refractivity contribution is 6.30. The average molecular weight is 326 g/mol. The Bertz CT molecular complexity index is 890. The molecule has 2 N–H and O–H groups in total. The van der Waals surface area contributed by atoms with Crippen LogP contribution in [-0.4, -0.2) is 15.9 Å². The lowest BCUT2D eigenvalue weighted by atomic mass is 10.2. The number of H-pyrrole nitrogens is 1. The summed E-state index contributed by atoms with van der Waals surface area (Å²) in [5, 5.41) is 3.24. The number of carbonyl (C=O) groups is 1. The largest absolute Gasteiger partial charge is 0.322 e. The molecule has 0 saturated carbocycles. The maximum absolute atomic E-state index is 12.1. The van der Waals surface area contributed by atoms with Gasteiger partial charge in [0.15, 0.2) is 0 Å². The van der Waals surface area contributed by atoms with Gasteiger partial charge in [0, 0.05) is 22.5 Å². The molecule has 0 fully saturated rings. The average Bonchev–Trinajstić information content (AvgIpc) is 2.56. The molecule has 0 saturated heterocycles. The summed E-state index contributed by atoms with van der Waals surface area (Å²) < 4.78 is 0. The van der Waals surface area contributed by atoms with Crippen LogP contribution in [0.25, 0.3) is 11.4 Å². The van der Waals surface area contributed by atoms with Crippen molar-refractivity contribution >= 4 is 23.2 Å². The van der Waals surface area contributed by atoms with E-state index >= 15 is 0 Å². The summed E-state index contributed by atoms with van der Waals surface area (Å²) in [7, 11) is 0. The summed E-state index contributed by atoms with van der Waals surface area (Å²) in [6, 6.07) is 15.8. The van der Waals surface area contributed by atoms with Crippen molar-refractivity contribution in [2.45, 2.75) is 0 Å². The number of nitrogens with one attached hydrogen (secondary N) is 2. The fourth-order valence-electron chi connectivity index (χ4n) is 2.03. The van der Waals surface area contributed by atoms with Gasteiger partial charge in [-0.2, -0.15) is 0 Å². The van der Waals surface area contributed by atoms with E-state index < -0.39 is 11.5 Å². The number of benzene rings is 2. The van der Waals surface area contributed by atoms with Gasteiger partial charge in [0.25, 0.3) is 11.5 Å². The van der Waals surface area contributed by atoms with Gasteiger partial charge in [-0.05, 0) is 36.4 Å². The Morgan fingerprint density at radius 1 is 1.04 bits per heavy atom. The molecular formula is C17H12ClN3O2. The molecule has 0 radical (unpaired) electrons. The number of rotatable bonds is 3. The van der Waals surface area contributed by atoms with Gasteiger partial charge in [-0.3, -0.25) is 9.59 Å². The minimum absolute atomic E-state index is 0.0495. The number of nitrogens with zero attached hydrogens (tertiary/aromatic N) is 1. The summed E-state index contributed by atoms with van der Waals surface area (Å²) in [5.41, 5.74) is 0.769. The number of carbonyl (C=O) groups excluding carboxylic acids is 1. The molecule has 3 aromatic rings. The summed E-state index contributed by atoms with van der Waals surface area (Å²) in [6.07, 6.45) is 1.26. The number of aromatic amines is 1. The van der Waals surface area contributed by atoms with Crippen LogP contribution in [-0.2, 0) is 0 Å². The van der Waals surface area contributed by atoms with Crippen LogP contribution in [0.15, 0.2) is 65.6 Å². The van der Waals surface area contributed by atoms with E-state index in [1.807, 2.05) is 6.07 Å². The van der Waals surface area contributed by atoms with Gasteiger partial charge < -0.3 is 10.3 Å². The zero-order valence-corrected chi connectivity index (χ0v) is 12.7. The van der Waals surface area contributed by atoms with E-state index in [0.717, 1.165) is 0 Å². The molecule has 1 heterocycles. The normalized spacial score (nSPS) is 10.3. The van der Waals surface area contributed by atoms with Crippen LogP contribution < -0.4 is 10.9 Å². The molecule has 1 amide bonds. The molecule has 3 rings (SSSR count). The summed E-state index contributed by atoms with van der Waals surface area (Å²) >= 11 is 5.83. The molecule has 5 nitrogen and oxygen atoms in total. The first-order chi connectivity index (χ1) is 11.1. The number of para-hydroxylation sites is 1. The number of anilines is 1. The number of amides is 1. The van der Waals surface area contributed by atoms with Crippen molar-refractivity contribution in [3.05, 3.63) is 81.7 Å². The van der Waals surface area contributed by atoms with Crippen LogP contribution >= 0.6 is 11.6 Å². The van der Waals surface area contributed by atoms with E-state index in [0.29, 0.717) is 22.1 Å². The van der Waals surface area contributed by atoms with Crippen LogP contribution in [0.2, 0.25) is 5.02 Å². The zero-order valence-electron chi connectivity index (χ0n) is 11.9. The molecule has 114 valence electrons. The third-order valence-corrected chi connectivity index (χ3v) is 3.45. The Balaban J connectivity index is 1.86. The maximum Gasteiger partial charge on any atom is 0.264 e. The van der Waals surface area contributed by atoms with Crippen LogP contribution in [0.5, 0.6) is 0 Å². The quantitative estimate of drug-likeness (QED) is 0.775. The SMILES string of the molecule is O=C(Nc1ccccc1)c1cnc(-c2ccc(Cl)cc2)[nH]c1=O. The second-order valence-corrected chi connectivity index (χ2v) is 5.24. The fraction of sp³-hybridized carbons (Fsp3) is 0. The molecule has 6 heteroatoms. The van der Waals surface area contributed by atoms with Crippen LogP contribution in [0, 0.1) is 0 Å². The lowest BCUT2D eigenvalue weighted by Gasteiger charge is -2.05. The molecule has 0 spiro atoms. The van der Waals surface area contributed by atoms with Crippen molar-refractivity contribution in [3.8, 4) is 11.4 Å². The molecule has 0 unspecified atom stereocenters. The van der Waals surface area contributed by atoms with E-state index in [1.54, 1.807) is 48.5 Å². The minimum atomic E-state index is -0.507. The molecule has 23 heavy (non-hydrogen) atoms. The van der Waals surface area contributed by atoms with Crippen molar-refractivity contribution in [3.63, 3.8) is 0 Å². The third-order valence-electron chi connectivity index (χ3n) is 3.19. The minimum Gasteiger partial charge on any atom is -0.322 e. The predicted molar refractivity (Wildman–Crippen MR) is 89.7 cm³/mol. The van der Waals surface area contributed by atoms with E-state index in [4.69, 9.17) is 11.6 Å². The van der Waals surface area contributed by atoms with Gasteiger partial charge in [0.05, 0.1) is 0 Å². The Labute approximate surface area is 137 Å². The highest BCUT2D eigenvalue weighted by Crippen LogP contribution is 2.17. The Kier molecular flexibility index (Phi) is 4.21. The number of halogens is 1. The summed E-state index contributed by atoms with van der Waals surface area (Å²) in [6.45, 7) is 0. The Morgan fingerprint density at radius 2 is 1.74 bits per heavy atom. The predicted octanol–water partition coefficient (Wildman–Crippen LogP) is 3.34. The number of hydrogen-bond donors (Lipinski definition) is 2. The number of hydrogen-bond acceptors (Lipinski definition) is 3. The smallest absolute Gasteiger partial charge is 0.264 e. The molecule has 0 aliphatic heterocycles. The third kappa shape index (κ3) is 3.46. The zero-order chi connectivity index (χ0) is 16.2. The Hall–Kier alpha value is -2.92. The standard InChI is InChI=1S/C17H12ClN3O2/c18-12-8-6-11(7-9-12)15-19-10-14(17(23)21-15)16(22)20-13-4-2-1-3-5-13/h1-10H,(H,20,22)(H,19,21,23). The van der Waals surface area contributed by atoms with Crippen molar-refractivity contribution < 1.29 is 4.79 Å². The van der Waals surface area contributed by atoms with Gasteiger partial charge in [-0.25, -0.2) is 4.98 Å². The van der Waals surface area contributed by atoms with Gasteiger partial charge in [-0.15, -0.1) is 0 Å². The van der Waals surface area contributed by atoms with Gasteiger partial charge in [0.1, 0.15) is 11.4 Å². The first-order valence-electron chi connectivity index (χ1n) is 6.85. The maximum atomic E-state index is 12.1. The molecule has 0 atom stereocenters. The van der Waals surface area contributed by atoms with E-state index in [1.165, 1.54) is 6.20 Å². The first-order valence-corrected chi connectivity index (χ1v) is 7.23. The topological polar surface area (TPSA) is 74.8 Å². The second-order valence-electron chi connectivity index (χ2n) is 4.80. The van der Waals surface area contributed by atoms with Crippen LogP contribution in [0.1, 0.15) is 10.4 Å². The van der Waals surface area contributed by atoms with Crippen LogP contribution in [0.3, 0.4) is 0 Å². The molecule has 1 aromatic heterocycles. The summed E-state index contributed by atoms with van der Waals surface area (Å²) in [5.74, 6) is -0.129. The molecule has 0 aliphatic rings. The van der Waals surface area contributed by atoms with Gasteiger partial charge in [0.2, 0.25) is 0 Å². The lowest BCUT2D eigenvalue weighted by Crippen LogP contribution is -2.24. The van der Waals surface area contributed by atoms with Crippen molar-refractivity contribution in [1.29, 1.82) is 0 Å². The van der Waals surface area contributed by atoms with Gasteiger partial charge >= 0.3 is 0 Å². The first kappa shape index (κ1) is 15.0. The van der Waals surface area contributed by atoms with Crippen molar-refractivity contribution in [2.24, 2.45) is 0 Å². The van der Waals surface area contributed by atoms with Crippen LogP contribution in [0.4, 0.5) is 5.69 Å².